The summed E-state index contributed by atoms with van der Waals surface area (Å²) in [5.41, 5.74) is 1.04. The number of amides is 1. The molecule has 0 atom stereocenters. The predicted molar refractivity (Wildman–Crippen MR) is 91.0 cm³/mol. The molecule has 1 aliphatic heterocycles. The number of ether oxygens (including phenoxy) is 2. The molecule has 1 N–H and O–H groups in total. The van der Waals surface area contributed by atoms with E-state index in [1.165, 1.54) is 12.4 Å². The molecule has 0 fully saturated rings. The van der Waals surface area contributed by atoms with Crippen LogP contribution in [0.15, 0.2) is 30.6 Å². The van der Waals surface area contributed by atoms with Crippen LogP contribution in [-0.4, -0.2) is 42.2 Å². The third-order valence-electron chi connectivity index (χ3n) is 3.75. The van der Waals surface area contributed by atoms with Crippen molar-refractivity contribution in [2.45, 2.75) is 13.8 Å². The van der Waals surface area contributed by atoms with E-state index in [1.54, 1.807) is 18.2 Å². The van der Waals surface area contributed by atoms with Gasteiger partial charge in [-0.15, -0.1) is 0 Å². The van der Waals surface area contributed by atoms with Gasteiger partial charge in [-0.3, -0.25) is 4.79 Å². The Morgan fingerprint density at radius 3 is 2.46 bits per heavy atom. The lowest BCUT2D eigenvalue weighted by atomic mass is 10.2. The second kappa shape index (κ2) is 7.16. The maximum atomic E-state index is 12.3. The number of carbonyl (C=O) groups excluding carboxylic acids is 1. The lowest BCUT2D eigenvalue weighted by Crippen LogP contribution is -2.24. The number of hydrogen-bond acceptors (Lipinski definition) is 6. The van der Waals surface area contributed by atoms with Gasteiger partial charge in [-0.1, -0.05) is 0 Å². The molecule has 1 aromatic heterocycles. The van der Waals surface area contributed by atoms with Crippen LogP contribution < -0.4 is 19.7 Å². The lowest BCUT2D eigenvalue weighted by Gasteiger charge is -2.19. The Balaban J connectivity index is 1.70. The zero-order valence-corrected chi connectivity index (χ0v) is 13.8. The zero-order chi connectivity index (χ0) is 16.9. The first kappa shape index (κ1) is 16.0. The Morgan fingerprint density at radius 1 is 1.12 bits per heavy atom. The second-order valence-corrected chi connectivity index (χ2v) is 5.26. The minimum atomic E-state index is -0.266. The molecular weight excluding hydrogens is 308 g/mol. The first-order chi connectivity index (χ1) is 11.7. The van der Waals surface area contributed by atoms with Gasteiger partial charge in [0.25, 0.3) is 5.91 Å². The Hall–Kier alpha value is -2.83. The van der Waals surface area contributed by atoms with Crippen molar-refractivity contribution >= 4 is 17.5 Å². The molecule has 0 aliphatic carbocycles. The maximum Gasteiger partial charge on any atom is 0.258 e. The number of aromatic nitrogens is 2. The average Bonchev–Trinajstić information content (AvgIpc) is 2.63. The monoisotopic (exact) mass is 328 g/mol. The normalized spacial score (nSPS) is 12.6. The van der Waals surface area contributed by atoms with Gasteiger partial charge in [-0.2, -0.15) is 0 Å². The van der Waals surface area contributed by atoms with Crippen LogP contribution in [0.2, 0.25) is 0 Å². The van der Waals surface area contributed by atoms with E-state index in [1.807, 2.05) is 18.7 Å². The number of hydrogen-bond donors (Lipinski definition) is 1. The van der Waals surface area contributed by atoms with Gasteiger partial charge in [-0.25, -0.2) is 9.97 Å². The van der Waals surface area contributed by atoms with Crippen molar-refractivity contribution in [1.29, 1.82) is 0 Å². The van der Waals surface area contributed by atoms with E-state index in [0.29, 0.717) is 41.9 Å². The molecule has 0 saturated carbocycles. The summed E-state index contributed by atoms with van der Waals surface area (Å²) in [5, 5.41) is 2.82. The van der Waals surface area contributed by atoms with Gasteiger partial charge in [0.2, 0.25) is 5.95 Å². The molecule has 2 aromatic rings. The Bertz CT molecular complexity index is 714. The van der Waals surface area contributed by atoms with E-state index >= 15 is 0 Å². The van der Waals surface area contributed by atoms with E-state index in [4.69, 9.17) is 9.47 Å². The summed E-state index contributed by atoms with van der Waals surface area (Å²) in [5.74, 6) is 1.67. The summed E-state index contributed by atoms with van der Waals surface area (Å²) < 4.78 is 11.0. The van der Waals surface area contributed by atoms with Crippen molar-refractivity contribution in [1.82, 2.24) is 9.97 Å². The summed E-state index contributed by atoms with van der Waals surface area (Å²) in [6, 6.07) is 5.30. The van der Waals surface area contributed by atoms with E-state index in [2.05, 4.69) is 15.3 Å². The van der Waals surface area contributed by atoms with Crippen LogP contribution in [-0.2, 0) is 0 Å². The molecule has 1 amide bonds. The number of carbonyl (C=O) groups is 1. The summed E-state index contributed by atoms with van der Waals surface area (Å²) in [4.78, 5) is 22.9. The van der Waals surface area contributed by atoms with Gasteiger partial charge < -0.3 is 19.7 Å². The Kier molecular flexibility index (Phi) is 4.79. The van der Waals surface area contributed by atoms with Gasteiger partial charge in [0.1, 0.15) is 13.2 Å². The standard InChI is InChI=1S/C17H20N4O3/c1-3-21(4-2)17-18-10-12(11-19-17)16(22)20-13-5-6-14-15(9-13)24-8-7-23-14/h5-6,9-11H,3-4,7-8H2,1-2H3,(H,20,22). The van der Waals surface area contributed by atoms with Crippen molar-refractivity contribution in [3.63, 3.8) is 0 Å². The molecule has 0 bridgehead atoms. The minimum absolute atomic E-state index is 0.266. The third kappa shape index (κ3) is 3.40. The largest absolute Gasteiger partial charge is 0.486 e. The molecule has 126 valence electrons. The molecule has 7 nitrogen and oxygen atoms in total. The Morgan fingerprint density at radius 2 is 1.79 bits per heavy atom. The van der Waals surface area contributed by atoms with Crippen LogP contribution >= 0.6 is 0 Å². The highest BCUT2D eigenvalue weighted by Gasteiger charge is 2.14. The fourth-order valence-corrected chi connectivity index (χ4v) is 2.43. The van der Waals surface area contributed by atoms with Gasteiger partial charge in [0.15, 0.2) is 11.5 Å². The van der Waals surface area contributed by atoms with E-state index in [-0.39, 0.29) is 5.91 Å². The number of nitrogens with one attached hydrogen (secondary N) is 1. The molecule has 7 heteroatoms. The van der Waals surface area contributed by atoms with Gasteiger partial charge in [0, 0.05) is 37.2 Å². The average molecular weight is 328 g/mol. The quantitative estimate of drug-likeness (QED) is 0.908. The lowest BCUT2D eigenvalue weighted by molar-refractivity contribution is 0.102. The van der Waals surface area contributed by atoms with Gasteiger partial charge >= 0.3 is 0 Å². The molecule has 3 rings (SSSR count). The molecule has 1 aromatic carbocycles. The van der Waals surface area contributed by atoms with Crippen LogP contribution in [0, 0.1) is 0 Å². The topological polar surface area (TPSA) is 76.6 Å². The summed E-state index contributed by atoms with van der Waals surface area (Å²) in [7, 11) is 0. The highest BCUT2D eigenvalue weighted by molar-refractivity contribution is 6.04. The molecule has 0 radical (unpaired) electrons. The summed E-state index contributed by atoms with van der Waals surface area (Å²) >= 11 is 0. The molecule has 0 unspecified atom stereocenters. The van der Waals surface area contributed by atoms with Crippen molar-refractivity contribution in [2.24, 2.45) is 0 Å². The molecule has 2 heterocycles. The van der Waals surface area contributed by atoms with Crippen LogP contribution in [0.25, 0.3) is 0 Å². The van der Waals surface area contributed by atoms with Gasteiger partial charge in [0.05, 0.1) is 5.56 Å². The molecule has 0 saturated heterocycles. The van der Waals surface area contributed by atoms with Crippen molar-refractivity contribution in [3.05, 3.63) is 36.2 Å². The first-order valence-electron chi connectivity index (χ1n) is 7.99. The minimum Gasteiger partial charge on any atom is -0.486 e. The fraction of sp³-hybridized carbons (Fsp3) is 0.353. The van der Waals surface area contributed by atoms with Crippen LogP contribution in [0.4, 0.5) is 11.6 Å². The van der Waals surface area contributed by atoms with E-state index in [0.717, 1.165) is 13.1 Å². The highest BCUT2D eigenvalue weighted by Crippen LogP contribution is 2.32. The van der Waals surface area contributed by atoms with E-state index < -0.39 is 0 Å². The van der Waals surface area contributed by atoms with Crippen molar-refractivity contribution in [2.75, 3.05) is 36.5 Å². The molecule has 24 heavy (non-hydrogen) atoms. The van der Waals surface area contributed by atoms with Crippen molar-refractivity contribution < 1.29 is 14.3 Å². The van der Waals surface area contributed by atoms with Crippen molar-refractivity contribution in [3.8, 4) is 11.5 Å². The molecular formula is C17H20N4O3. The van der Waals surface area contributed by atoms with Crippen LogP contribution in [0.1, 0.15) is 24.2 Å². The zero-order valence-electron chi connectivity index (χ0n) is 13.8. The summed E-state index contributed by atoms with van der Waals surface area (Å²) in [6.45, 7) is 6.75. The predicted octanol–water partition coefficient (Wildman–Crippen LogP) is 2.35. The number of rotatable bonds is 5. The maximum absolute atomic E-state index is 12.3. The molecule has 1 aliphatic rings. The van der Waals surface area contributed by atoms with Crippen LogP contribution in [0.5, 0.6) is 11.5 Å². The summed E-state index contributed by atoms with van der Waals surface area (Å²) in [6.07, 6.45) is 3.07. The highest BCUT2D eigenvalue weighted by atomic mass is 16.6. The second-order valence-electron chi connectivity index (χ2n) is 5.26. The molecule has 0 spiro atoms. The smallest absolute Gasteiger partial charge is 0.258 e. The fourth-order valence-electron chi connectivity index (χ4n) is 2.43. The Labute approximate surface area is 140 Å². The SMILES string of the molecule is CCN(CC)c1ncc(C(=O)Nc2ccc3c(c2)OCCO3)cn1. The number of anilines is 2. The third-order valence-corrected chi connectivity index (χ3v) is 3.75. The van der Waals surface area contributed by atoms with Crippen LogP contribution in [0.3, 0.4) is 0 Å². The van der Waals surface area contributed by atoms with E-state index in [9.17, 15) is 4.79 Å². The number of fused-ring (bicyclic) bond motifs is 1. The first-order valence-corrected chi connectivity index (χ1v) is 7.99. The number of nitrogens with zero attached hydrogens (tertiary/aromatic N) is 3. The van der Waals surface area contributed by atoms with Gasteiger partial charge in [-0.05, 0) is 26.0 Å². The number of benzene rings is 1.